The molecule has 5 nitrogen and oxygen atoms in total. The Morgan fingerprint density at radius 1 is 1.11 bits per heavy atom. The average molecular weight is 289 g/mol. The Morgan fingerprint density at radius 2 is 1.79 bits per heavy atom. The lowest BCUT2D eigenvalue weighted by atomic mass is 9.95. The molecule has 1 atom stereocenters. The molecule has 0 amide bonds. The molecule has 0 aliphatic carbocycles. The first-order valence-corrected chi connectivity index (χ1v) is 8.92. The molecule has 2 rings (SSSR count). The SMILES string of the molecule is CC1CCCCN1S(=O)(=O)N1CCC(CCN)CC1. The van der Waals surface area contributed by atoms with Crippen LogP contribution in [-0.2, 0) is 10.2 Å². The highest BCUT2D eigenvalue weighted by Gasteiger charge is 2.36. The van der Waals surface area contributed by atoms with Crippen LogP contribution in [0.2, 0.25) is 0 Å². The number of nitrogens with two attached hydrogens (primary N) is 1. The summed E-state index contributed by atoms with van der Waals surface area (Å²) in [5, 5.41) is 0. The van der Waals surface area contributed by atoms with E-state index in [0.29, 0.717) is 32.1 Å². The summed E-state index contributed by atoms with van der Waals surface area (Å²) in [5.41, 5.74) is 5.57. The van der Waals surface area contributed by atoms with Gasteiger partial charge in [-0.3, -0.25) is 0 Å². The van der Waals surface area contributed by atoms with E-state index in [1.807, 2.05) is 6.92 Å². The van der Waals surface area contributed by atoms with E-state index in [0.717, 1.165) is 38.5 Å². The van der Waals surface area contributed by atoms with Gasteiger partial charge >= 0.3 is 0 Å². The molecule has 2 saturated heterocycles. The van der Waals surface area contributed by atoms with Crippen molar-refractivity contribution in [3.63, 3.8) is 0 Å². The quantitative estimate of drug-likeness (QED) is 0.844. The predicted octanol–water partition coefficient (Wildman–Crippen LogP) is 1.17. The summed E-state index contributed by atoms with van der Waals surface area (Å²) in [6, 6.07) is 0.153. The number of hydrogen-bond acceptors (Lipinski definition) is 3. The molecule has 0 spiro atoms. The van der Waals surface area contributed by atoms with Crippen LogP contribution in [-0.4, -0.2) is 49.2 Å². The molecule has 112 valence electrons. The largest absolute Gasteiger partial charge is 0.330 e. The summed E-state index contributed by atoms with van der Waals surface area (Å²) in [7, 11) is -3.24. The number of hydrogen-bond donors (Lipinski definition) is 1. The van der Waals surface area contributed by atoms with E-state index in [2.05, 4.69) is 0 Å². The molecule has 0 aromatic rings. The molecule has 1 unspecified atom stereocenters. The van der Waals surface area contributed by atoms with E-state index < -0.39 is 10.2 Å². The van der Waals surface area contributed by atoms with E-state index in [1.165, 1.54) is 0 Å². The van der Waals surface area contributed by atoms with E-state index in [1.54, 1.807) is 8.61 Å². The summed E-state index contributed by atoms with van der Waals surface area (Å²) >= 11 is 0. The van der Waals surface area contributed by atoms with Gasteiger partial charge in [0.25, 0.3) is 10.2 Å². The van der Waals surface area contributed by atoms with Gasteiger partial charge in [0.15, 0.2) is 0 Å². The normalized spacial score (nSPS) is 28.6. The van der Waals surface area contributed by atoms with E-state index in [4.69, 9.17) is 5.73 Å². The molecule has 0 aromatic carbocycles. The van der Waals surface area contributed by atoms with Crippen molar-refractivity contribution >= 4 is 10.2 Å². The minimum atomic E-state index is -3.24. The number of piperidine rings is 2. The second-order valence-electron chi connectivity index (χ2n) is 5.88. The molecule has 2 fully saturated rings. The van der Waals surface area contributed by atoms with Gasteiger partial charge in [0.05, 0.1) is 0 Å². The van der Waals surface area contributed by atoms with Crippen LogP contribution in [0.4, 0.5) is 0 Å². The van der Waals surface area contributed by atoms with Gasteiger partial charge in [-0.2, -0.15) is 17.0 Å². The van der Waals surface area contributed by atoms with E-state index in [9.17, 15) is 8.42 Å². The van der Waals surface area contributed by atoms with Gasteiger partial charge in [0, 0.05) is 25.7 Å². The minimum Gasteiger partial charge on any atom is -0.330 e. The second-order valence-corrected chi connectivity index (χ2v) is 7.76. The molecule has 2 aliphatic rings. The lowest BCUT2D eigenvalue weighted by molar-refractivity contribution is 0.215. The number of rotatable bonds is 4. The zero-order chi connectivity index (χ0) is 13.9. The van der Waals surface area contributed by atoms with Crippen molar-refractivity contribution < 1.29 is 8.42 Å². The Bertz CT molecular complexity index is 377. The fourth-order valence-electron chi connectivity index (χ4n) is 3.23. The molecule has 2 N–H and O–H groups in total. The number of nitrogens with zero attached hydrogens (tertiary/aromatic N) is 2. The molecule has 0 aromatic heterocycles. The van der Waals surface area contributed by atoms with Crippen LogP contribution in [0.15, 0.2) is 0 Å². The van der Waals surface area contributed by atoms with Gasteiger partial charge in [-0.1, -0.05) is 6.42 Å². The summed E-state index contributed by atoms with van der Waals surface area (Å²) in [5.74, 6) is 0.607. The molecule has 6 heteroatoms. The Labute approximate surface area is 117 Å². The van der Waals surface area contributed by atoms with Gasteiger partial charge in [-0.15, -0.1) is 0 Å². The maximum absolute atomic E-state index is 12.6. The monoisotopic (exact) mass is 289 g/mol. The van der Waals surface area contributed by atoms with E-state index in [-0.39, 0.29) is 6.04 Å². The highest BCUT2D eigenvalue weighted by atomic mass is 32.2. The maximum Gasteiger partial charge on any atom is 0.282 e. The van der Waals surface area contributed by atoms with Crippen LogP contribution in [0.3, 0.4) is 0 Å². The third kappa shape index (κ3) is 3.48. The van der Waals surface area contributed by atoms with Crippen LogP contribution < -0.4 is 5.73 Å². The highest BCUT2D eigenvalue weighted by Crippen LogP contribution is 2.27. The standard InChI is InChI=1S/C13H27N3O2S/c1-12-4-2-3-9-16(12)19(17,18)15-10-6-13(5-8-14)7-11-15/h12-13H,2-11,14H2,1H3. The molecule has 0 bridgehead atoms. The van der Waals surface area contributed by atoms with Crippen molar-refractivity contribution in [2.24, 2.45) is 11.7 Å². The first kappa shape index (κ1) is 15.2. The average Bonchev–Trinajstić information content (AvgIpc) is 2.40. The van der Waals surface area contributed by atoms with Gasteiger partial charge in [-0.05, 0) is 51.5 Å². The second kappa shape index (κ2) is 6.52. The summed E-state index contributed by atoms with van der Waals surface area (Å²) in [4.78, 5) is 0. The maximum atomic E-state index is 12.6. The molecule has 2 heterocycles. The van der Waals surface area contributed by atoms with Crippen LogP contribution in [0.25, 0.3) is 0 Å². The fraction of sp³-hybridized carbons (Fsp3) is 1.00. The summed E-state index contributed by atoms with van der Waals surface area (Å²) < 4.78 is 28.7. The summed E-state index contributed by atoms with van der Waals surface area (Å²) in [6.07, 6.45) is 6.06. The Hall–Kier alpha value is -0.170. The zero-order valence-corrected chi connectivity index (χ0v) is 12.7. The predicted molar refractivity (Wildman–Crippen MR) is 76.9 cm³/mol. The molecule has 19 heavy (non-hydrogen) atoms. The Balaban J connectivity index is 1.97. The lowest BCUT2D eigenvalue weighted by Gasteiger charge is -2.39. The zero-order valence-electron chi connectivity index (χ0n) is 11.9. The van der Waals surface area contributed by atoms with Gasteiger partial charge in [0.1, 0.15) is 0 Å². The van der Waals surface area contributed by atoms with Crippen molar-refractivity contribution in [2.75, 3.05) is 26.2 Å². The molecule has 0 saturated carbocycles. The molecular weight excluding hydrogens is 262 g/mol. The van der Waals surface area contributed by atoms with Crippen molar-refractivity contribution in [1.29, 1.82) is 0 Å². The lowest BCUT2D eigenvalue weighted by Crippen LogP contribution is -2.51. The van der Waals surface area contributed by atoms with Crippen molar-refractivity contribution in [2.45, 2.75) is 51.5 Å². The van der Waals surface area contributed by atoms with Gasteiger partial charge < -0.3 is 5.73 Å². The first-order chi connectivity index (χ1) is 9.05. The third-order valence-corrected chi connectivity index (χ3v) is 6.67. The van der Waals surface area contributed by atoms with Crippen molar-refractivity contribution in [3.05, 3.63) is 0 Å². The van der Waals surface area contributed by atoms with Crippen LogP contribution >= 0.6 is 0 Å². The van der Waals surface area contributed by atoms with Gasteiger partial charge in [0.2, 0.25) is 0 Å². The van der Waals surface area contributed by atoms with Crippen LogP contribution in [0.1, 0.15) is 45.4 Å². The Kier molecular flexibility index (Phi) is 5.22. The highest BCUT2D eigenvalue weighted by molar-refractivity contribution is 7.86. The van der Waals surface area contributed by atoms with Gasteiger partial charge in [-0.25, -0.2) is 0 Å². The molecule has 2 aliphatic heterocycles. The minimum absolute atomic E-state index is 0.153. The molecular formula is C13H27N3O2S. The fourth-order valence-corrected chi connectivity index (χ4v) is 5.12. The van der Waals surface area contributed by atoms with E-state index >= 15 is 0 Å². The first-order valence-electron chi connectivity index (χ1n) is 7.52. The third-order valence-electron chi connectivity index (χ3n) is 4.51. The Morgan fingerprint density at radius 3 is 2.37 bits per heavy atom. The van der Waals surface area contributed by atoms with Crippen molar-refractivity contribution in [1.82, 2.24) is 8.61 Å². The van der Waals surface area contributed by atoms with Crippen molar-refractivity contribution in [3.8, 4) is 0 Å². The van der Waals surface area contributed by atoms with Crippen LogP contribution in [0.5, 0.6) is 0 Å². The smallest absolute Gasteiger partial charge is 0.282 e. The topological polar surface area (TPSA) is 66.6 Å². The molecule has 0 radical (unpaired) electrons. The van der Waals surface area contributed by atoms with Crippen LogP contribution in [0, 0.1) is 5.92 Å². The summed E-state index contributed by atoms with van der Waals surface area (Å²) in [6.45, 7) is 4.75.